The zero-order chi connectivity index (χ0) is 19.4. The van der Waals surface area contributed by atoms with Crippen LogP contribution in [0.15, 0.2) is 30.3 Å². The van der Waals surface area contributed by atoms with Crippen LogP contribution in [0.25, 0.3) is 0 Å². The minimum atomic E-state index is -0.537. The average Bonchev–Trinajstić information content (AvgIpc) is 2.95. The maximum atomic E-state index is 12.4. The first-order valence-corrected chi connectivity index (χ1v) is 9.46. The van der Waals surface area contributed by atoms with Gasteiger partial charge in [-0.25, -0.2) is 4.79 Å². The Labute approximate surface area is 159 Å². The molecular weight excluding hydrogens is 346 g/mol. The van der Waals surface area contributed by atoms with Gasteiger partial charge >= 0.3 is 6.09 Å². The highest BCUT2D eigenvalue weighted by Crippen LogP contribution is 2.33. The second-order valence-corrected chi connectivity index (χ2v) is 7.46. The molecule has 0 aliphatic carbocycles. The van der Waals surface area contributed by atoms with E-state index >= 15 is 0 Å². The molecule has 0 saturated carbocycles. The van der Waals surface area contributed by atoms with E-state index in [9.17, 15) is 14.4 Å². The molecule has 1 atom stereocenters. The molecule has 3 amide bonds. The molecule has 146 valence electrons. The number of hydrogen-bond acceptors (Lipinski definition) is 4. The molecule has 2 aliphatic heterocycles. The van der Waals surface area contributed by atoms with E-state index in [1.165, 1.54) is 12.5 Å². The molecule has 1 spiro atoms. The van der Waals surface area contributed by atoms with E-state index < -0.39 is 11.6 Å². The fourth-order valence-corrected chi connectivity index (χ4v) is 3.81. The normalized spacial score (nSPS) is 19.7. The van der Waals surface area contributed by atoms with Crippen LogP contribution in [0.3, 0.4) is 0 Å². The minimum absolute atomic E-state index is 0.0923. The standard InChI is InChI=1S/C20H27N3O4/c1-15(21-16(2)24)18(25)22-12-9-20(10-13-22)14-23(19(26)27-20)11-8-17-6-4-3-5-7-17/h3-7,15H,8-14H2,1-2H3,(H,21,24)/t15-/m0/s1. The van der Waals surface area contributed by atoms with Gasteiger partial charge in [0.05, 0.1) is 6.54 Å². The monoisotopic (exact) mass is 373 g/mol. The van der Waals surface area contributed by atoms with Crippen molar-refractivity contribution < 1.29 is 19.1 Å². The van der Waals surface area contributed by atoms with Gasteiger partial charge in [0.15, 0.2) is 0 Å². The van der Waals surface area contributed by atoms with Crippen LogP contribution in [0, 0.1) is 0 Å². The molecule has 7 heteroatoms. The summed E-state index contributed by atoms with van der Waals surface area (Å²) in [4.78, 5) is 39.4. The molecule has 2 saturated heterocycles. The van der Waals surface area contributed by atoms with Crippen molar-refractivity contribution in [3.63, 3.8) is 0 Å². The maximum Gasteiger partial charge on any atom is 0.410 e. The Morgan fingerprint density at radius 3 is 2.52 bits per heavy atom. The molecule has 1 aromatic carbocycles. The van der Waals surface area contributed by atoms with Crippen molar-refractivity contribution in [2.45, 2.75) is 44.8 Å². The van der Waals surface area contributed by atoms with Gasteiger partial charge in [0.25, 0.3) is 0 Å². The Morgan fingerprint density at radius 1 is 1.22 bits per heavy atom. The molecule has 1 N–H and O–H groups in total. The third-order valence-corrected chi connectivity index (χ3v) is 5.33. The Kier molecular flexibility index (Phi) is 5.68. The number of carbonyl (C=O) groups excluding carboxylic acids is 3. The molecule has 2 aliphatic rings. The number of carbonyl (C=O) groups is 3. The van der Waals surface area contributed by atoms with Crippen LogP contribution in [0.5, 0.6) is 0 Å². The van der Waals surface area contributed by atoms with Gasteiger partial charge in [-0.05, 0) is 18.9 Å². The predicted octanol–water partition coefficient (Wildman–Crippen LogP) is 1.57. The fourth-order valence-electron chi connectivity index (χ4n) is 3.81. The topological polar surface area (TPSA) is 79.0 Å². The number of rotatable bonds is 5. The molecule has 1 aromatic rings. The van der Waals surface area contributed by atoms with Crippen molar-refractivity contribution in [3.05, 3.63) is 35.9 Å². The molecule has 27 heavy (non-hydrogen) atoms. The summed E-state index contributed by atoms with van der Waals surface area (Å²) in [6, 6.07) is 9.53. The molecule has 0 unspecified atom stereocenters. The van der Waals surface area contributed by atoms with Crippen molar-refractivity contribution in [2.75, 3.05) is 26.2 Å². The van der Waals surface area contributed by atoms with Gasteiger partial charge in [-0.1, -0.05) is 30.3 Å². The van der Waals surface area contributed by atoms with Crippen LogP contribution in [-0.4, -0.2) is 65.5 Å². The Bertz CT molecular complexity index is 698. The first-order chi connectivity index (χ1) is 12.9. The SMILES string of the molecule is CC(=O)N[C@@H](C)C(=O)N1CCC2(CC1)CN(CCc1ccccc1)C(=O)O2. The van der Waals surface area contributed by atoms with Gasteiger partial charge < -0.3 is 19.9 Å². The van der Waals surface area contributed by atoms with Crippen molar-refractivity contribution in [1.82, 2.24) is 15.1 Å². The molecule has 2 heterocycles. The Morgan fingerprint density at radius 2 is 1.89 bits per heavy atom. The van der Waals surface area contributed by atoms with Gasteiger partial charge in [0, 0.05) is 39.4 Å². The second-order valence-electron chi connectivity index (χ2n) is 7.46. The summed E-state index contributed by atoms with van der Waals surface area (Å²) in [5.74, 6) is -0.312. The third-order valence-electron chi connectivity index (χ3n) is 5.33. The smallest absolute Gasteiger partial charge is 0.410 e. The third kappa shape index (κ3) is 4.59. The molecule has 0 bridgehead atoms. The van der Waals surface area contributed by atoms with E-state index in [1.807, 2.05) is 18.2 Å². The van der Waals surface area contributed by atoms with Crippen molar-refractivity contribution in [3.8, 4) is 0 Å². The molecule has 3 rings (SSSR count). The Hall–Kier alpha value is -2.57. The van der Waals surface area contributed by atoms with E-state index in [-0.39, 0.29) is 17.9 Å². The zero-order valence-corrected chi connectivity index (χ0v) is 15.9. The van der Waals surface area contributed by atoms with E-state index in [0.717, 1.165) is 6.42 Å². The highest BCUT2D eigenvalue weighted by molar-refractivity contribution is 5.86. The predicted molar refractivity (Wildman–Crippen MR) is 100 cm³/mol. The molecule has 0 aromatic heterocycles. The quantitative estimate of drug-likeness (QED) is 0.850. The average molecular weight is 373 g/mol. The highest BCUT2D eigenvalue weighted by Gasteiger charge is 2.47. The van der Waals surface area contributed by atoms with Crippen molar-refractivity contribution >= 4 is 17.9 Å². The summed E-state index contributed by atoms with van der Waals surface area (Å²) in [7, 11) is 0. The minimum Gasteiger partial charge on any atom is -0.441 e. The van der Waals surface area contributed by atoms with Crippen LogP contribution in [0.1, 0.15) is 32.3 Å². The van der Waals surface area contributed by atoms with Gasteiger partial charge in [0.2, 0.25) is 11.8 Å². The highest BCUT2D eigenvalue weighted by atomic mass is 16.6. The van der Waals surface area contributed by atoms with Crippen molar-refractivity contribution in [2.24, 2.45) is 0 Å². The fraction of sp³-hybridized carbons (Fsp3) is 0.550. The maximum absolute atomic E-state index is 12.4. The van der Waals surface area contributed by atoms with E-state index in [0.29, 0.717) is 39.0 Å². The van der Waals surface area contributed by atoms with Crippen LogP contribution in [0.2, 0.25) is 0 Å². The zero-order valence-electron chi connectivity index (χ0n) is 15.9. The van der Waals surface area contributed by atoms with Gasteiger partial charge in [-0.15, -0.1) is 0 Å². The lowest BCUT2D eigenvalue weighted by Gasteiger charge is -2.38. The summed E-state index contributed by atoms with van der Waals surface area (Å²) in [6.45, 7) is 5.35. The molecule has 7 nitrogen and oxygen atoms in total. The van der Waals surface area contributed by atoms with Gasteiger partial charge in [-0.3, -0.25) is 9.59 Å². The van der Waals surface area contributed by atoms with Crippen LogP contribution in [0.4, 0.5) is 4.79 Å². The van der Waals surface area contributed by atoms with Crippen LogP contribution in [-0.2, 0) is 20.7 Å². The summed E-state index contributed by atoms with van der Waals surface area (Å²) in [5.41, 5.74) is 0.695. The lowest BCUT2D eigenvalue weighted by Crippen LogP contribution is -2.53. The number of ether oxygens (including phenoxy) is 1. The number of benzene rings is 1. The largest absolute Gasteiger partial charge is 0.441 e. The van der Waals surface area contributed by atoms with Gasteiger partial charge in [0.1, 0.15) is 11.6 Å². The number of hydrogen-bond donors (Lipinski definition) is 1. The number of piperidine rings is 1. The molecular formula is C20H27N3O4. The lowest BCUT2D eigenvalue weighted by molar-refractivity contribution is -0.138. The van der Waals surface area contributed by atoms with E-state index in [1.54, 1.807) is 16.7 Å². The Balaban J connectivity index is 1.51. The first kappa shape index (κ1) is 19.2. The van der Waals surface area contributed by atoms with Gasteiger partial charge in [-0.2, -0.15) is 0 Å². The summed E-state index contributed by atoms with van der Waals surface area (Å²) in [5, 5.41) is 2.62. The van der Waals surface area contributed by atoms with Crippen molar-refractivity contribution in [1.29, 1.82) is 0 Å². The number of nitrogens with zero attached hydrogens (tertiary/aromatic N) is 2. The second kappa shape index (κ2) is 7.98. The first-order valence-electron chi connectivity index (χ1n) is 9.46. The molecule has 0 radical (unpaired) electrons. The van der Waals surface area contributed by atoms with Crippen LogP contribution >= 0.6 is 0 Å². The summed E-state index contributed by atoms with van der Waals surface area (Å²) >= 11 is 0. The summed E-state index contributed by atoms with van der Waals surface area (Å²) < 4.78 is 5.72. The number of amides is 3. The lowest BCUT2D eigenvalue weighted by atomic mass is 9.91. The van der Waals surface area contributed by atoms with E-state index in [2.05, 4.69) is 17.4 Å². The molecule has 2 fully saturated rings. The van der Waals surface area contributed by atoms with Crippen LogP contribution < -0.4 is 5.32 Å². The number of likely N-dealkylation sites (tertiary alicyclic amines) is 1. The summed E-state index contributed by atoms with van der Waals surface area (Å²) in [6.07, 6.45) is 1.78. The number of nitrogens with one attached hydrogen (secondary N) is 1. The van der Waals surface area contributed by atoms with E-state index in [4.69, 9.17) is 4.74 Å².